The Kier molecular flexibility index (Phi) is 1.84. The van der Waals surface area contributed by atoms with E-state index in [2.05, 4.69) is 9.68 Å². The first-order valence-corrected chi connectivity index (χ1v) is 2.59. The molecule has 1 aromatic rings. The second-order valence-electron chi connectivity index (χ2n) is 1.72. The van der Waals surface area contributed by atoms with Gasteiger partial charge in [0.15, 0.2) is 5.69 Å². The largest absolute Gasteiger partial charge is 0.476 e. The summed E-state index contributed by atoms with van der Waals surface area (Å²) in [6.07, 6.45) is -2.82. The molecule has 4 nitrogen and oxygen atoms in total. The Bertz CT molecular complexity index is 270. The van der Waals surface area contributed by atoms with Crippen LogP contribution in [0.2, 0.25) is 0 Å². The van der Waals surface area contributed by atoms with Gasteiger partial charge < -0.3 is 9.63 Å². The second kappa shape index (κ2) is 2.65. The van der Waals surface area contributed by atoms with E-state index in [4.69, 9.17) is 5.11 Å². The Hall–Kier alpha value is -1.46. The molecule has 1 N–H and O–H groups in total. The maximum Gasteiger partial charge on any atom is 0.358 e. The molecule has 0 bridgehead atoms. The summed E-state index contributed by atoms with van der Waals surface area (Å²) in [5.74, 6) is -2.12. The van der Waals surface area contributed by atoms with Crippen molar-refractivity contribution in [3.05, 3.63) is 17.5 Å². The minimum absolute atomic E-state index is 0.514. The van der Waals surface area contributed by atoms with Gasteiger partial charge in [0.25, 0.3) is 6.43 Å². The number of rotatable bonds is 2. The Morgan fingerprint density at radius 1 is 1.73 bits per heavy atom. The van der Waals surface area contributed by atoms with Gasteiger partial charge in [-0.3, -0.25) is 0 Å². The fraction of sp³-hybridized carbons (Fsp3) is 0.200. The van der Waals surface area contributed by atoms with Crippen LogP contribution in [0, 0.1) is 0 Å². The number of carbonyl (C=O) groups is 1. The Morgan fingerprint density at radius 3 is 2.64 bits per heavy atom. The lowest BCUT2D eigenvalue weighted by Gasteiger charge is -1.85. The van der Waals surface area contributed by atoms with Gasteiger partial charge in [-0.15, -0.1) is 0 Å². The van der Waals surface area contributed by atoms with E-state index in [0.29, 0.717) is 6.07 Å². The standard InChI is InChI=1S/C5H3F2NO3/c6-4(7)3-1-2(5(9)10)8-11-3/h1,4H,(H,9,10). The number of aromatic carboxylic acids is 1. The zero-order valence-electron chi connectivity index (χ0n) is 5.12. The van der Waals surface area contributed by atoms with Crippen molar-refractivity contribution in [2.24, 2.45) is 0 Å². The van der Waals surface area contributed by atoms with Gasteiger partial charge in [-0.25, -0.2) is 13.6 Å². The maximum atomic E-state index is 11.7. The van der Waals surface area contributed by atoms with E-state index in [-0.39, 0.29) is 0 Å². The van der Waals surface area contributed by atoms with Gasteiger partial charge >= 0.3 is 5.97 Å². The molecule has 0 saturated heterocycles. The zero-order valence-corrected chi connectivity index (χ0v) is 5.12. The third kappa shape index (κ3) is 1.51. The fourth-order valence-corrected chi connectivity index (χ4v) is 0.493. The summed E-state index contributed by atoms with van der Waals surface area (Å²) in [4.78, 5) is 10.1. The van der Waals surface area contributed by atoms with Crippen molar-refractivity contribution < 1.29 is 23.2 Å². The van der Waals surface area contributed by atoms with E-state index < -0.39 is 23.8 Å². The van der Waals surface area contributed by atoms with Crippen molar-refractivity contribution >= 4 is 5.97 Å². The van der Waals surface area contributed by atoms with Crippen LogP contribution in [0.4, 0.5) is 8.78 Å². The van der Waals surface area contributed by atoms with Crippen LogP contribution in [0.1, 0.15) is 22.7 Å². The molecule has 0 atom stereocenters. The van der Waals surface area contributed by atoms with Crippen molar-refractivity contribution in [3.63, 3.8) is 0 Å². The monoisotopic (exact) mass is 163 g/mol. The van der Waals surface area contributed by atoms with Crippen LogP contribution >= 0.6 is 0 Å². The molecule has 0 amide bonds. The number of hydrogen-bond donors (Lipinski definition) is 1. The van der Waals surface area contributed by atoms with Crippen LogP contribution in [-0.4, -0.2) is 16.2 Å². The maximum absolute atomic E-state index is 11.7. The van der Waals surface area contributed by atoms with Crippen LogP contribution in [0.3, 0.4) is 0 Å². The molecule has 1 aromatic heterocycles. The molecule has 6 heteroatoms. The second-order valence-corrected chi connectivity index (χ2v) is 1.72. The van der Waals surface area contributed by atoms with Gasteiger partial charge in [-0.05, 0) is 0 Å². The first kappa shape index (κ1) is 7.64. The van der Waals surface area contributed by atoms with Crippen molar-refractivity contribution in [2.45, 2.75) is 6.43 Å². The molecule has 11 heavy (non-hydrogen) atoms. The van der Waals surface area contributed by atoms with E-state index >= 15 is 0 Å². The van der Waals surface area contributed by atoms with Crippen molar-refractivity contribution in [1.29, 1.82) is 0 Å². The highest BCUT2D eigenvalue weighted by atomic mass is 19.3. The van der Waals surface area contributed by atoms with Gasteiger partial charge in [-0.2, -0.15) is 0 Å². The molecule has 0 fully saturated rings. The van der Waals surface area contributed by atoms with Gasteiger partial charge in [0.2, 0.25) is 5.76 Å². The number of hydrogen-bond acceptors (Lipinski definition) is 3. The number of nitrogens with zero attached hydrogens (tertiary/aromatic N) is 1. The lowest BCUT2D eigenvalue weighted by atomic mass is 10.4. The van der Waals surface area contributed by atoms with Crippen molar-refractivity contribution in [1.82, 2.24) is 5.16 Å². The average Bonchev–Trinajstić information content (AvgIpc) is 2.33. The summed E-state index contributed by atoms with van der Waals surface area (Å²) >= 11 is 0. The van der Waals surface area contributed by atoms with E-state index in [0.717, 1.165) is 0 Å². The molecule has 0 saturated carbocycles. The molecule has 1 heterocycles. The Balaban J connectivity index is 2.90. The molecule has 0 aliphatic heterocycles. The van der Waals surface area contributed by atoms with Gasteiger partial charge in [0, 0.05) is 6.07 Å². The molecule has 0 spiro atoms. The minimum Gasteiger partial charge on any atom is -0.476 e. The number of alkyl halides is 2. The van der Waals surface area contributed by atoms with Crippen LogP contribution < -0.4 is 0 Å². The first-order chi connectivity index (χ1) is 5.11. The molecule has 1 rings (SSSR count). The van der Waals surface area contributed by atoms with Crippen LogP contribution in [0.25, 0.3) is 0 Å². The first-order valence-electron chi connectivity index (χ1n) is 2.59. The van der Waals surface area contributed by atoms with E-state index in [1.54, 1.807) is 0 Å². The van der Waals surface area contributed by atoms with E-state index in [9.17, 15) is 13.6 Å². The van der Waals surface area contributed by atoms with Crippen LogP contribution in [-0.2, 0) is 0 Å². The van der Waals surface area contributed by atoms with Crippen LogP contribution in [0.15, 0.2) is 10.6 Å². The lowest BCUT2D eigenvalue weighted by Crippen LogP contribution is -1.94. The molecular formula is C5H3F2NO3. The molecule has 0 aromatic carbocycles. The molecule has 0 aliphatic carbocycles. The molecule has 0 radical (unpaired) electrons. The summed E-state index contributed by atoms with van der Waals surface area (Å²) in [6.45, 7) is 0. The van der Waals surface area contributed by atoms with Gasteiger partial charge in [0.1, 0.15) is 0 Å². The highest BCUT2D eigenvalue weighted by Gasteiger charge is 2.17. The highest BCUT2D eigenvalue weighted by molar-refractivity contribution is 5.85. The minimum atomic E-state index is -2.82. The quantitative estimate of drug-likeness (QED) is 0.713. The average molecular weight is 163 g/mol. The van der Waals surface area contributed by atoms with E-state index in [1.807, 2.05) is 0 Å². The number of halogens is 2. The number of carboxylic acids is 1. The van der Waals surface area contributed by atoms with Crippen molar-refractivity contribution in [2.75, 3.05) is 0 Å². The summed E-state index contributed by atoms with van der Waals surface area (Å²) in [6, 6.07) is 0.687. The highest BCUT2D eigenvalue weighted by Crippen LogP contribution is 2.18. The third-order valence-corrected chi connectivity index (χ3v) is 0.963. The predicted octanol–water partition coefficient (Wildman–Crippen LogP) is 1.31. The molecule has 0 aliphatic rings. The fourth-order valence-electron chi connectivity index (χ4n) is 0.493. The summed E-state index contributed by atoms with van der Waals surface area (Å²) in [5, 5.41) is 11.1. The van der Waals surface area contributed by atoms with Crippen LogP contribution in [0.5, 0.6) is 0 Å². The van der Waals surface area contributed by atoms with Gasteiger partial charge in [-0.1, -0.05) is 5.16 Å². The summed E-state index contributed by atoms with van der Waals surface area (Å²) in [5.41, 5.74) is -0.514. The SMILES string of the molecule is O=C(O)c1cc(C(F)F)on1. The van der Waals surface area contributed by atoms with E-state index in [1.165, 1.54) is 0 Å². The predicted molar refractivity (Wildman–Crippen MR) is 28.4 cm³/mol. The summed E-state index contributed by atoms with van der Waals surface area (Å²) in [7, 11) is 0. The van der Waals surface area contributed by atoms with Gasteiger partial charge in [0.05, 0.1) is 0 Å². The molecule has 0 unspecified atom stereocenters. The Morgan fingerprint density at radius 2 is 2.36 bits per heavy atom. The number of carboxylic acid groups (broad SMARTS) is 1. The molecular weight excluding hydrogens is 160 g/mol. The smallest absolute Gasteiger partial charge is 0.358 e. The topological polar surface area (TPSA) is 63.3 Å². The van der Waals surface area contributed by atoms with Crippen molar-refractivity contribution in [3.8, 4) is 0 Å². The molecule has 60 valence electrons. The third-order valence-electron chi connectivity index (χ3n) is 0.963. The Labute approximate surface area is 59.4 Å². The summed E-state index contributed by atoms with van der Waals surface area (Å²) < 4.78 is 27.4. The zero-order chi connectivity index (χ0) is 8.43. The lowest BCUT2D eigenvalue weighted by molar-refractivity contribution is 0.0683. The number of aromatic nitrogens is 1. The normalized spacial score (nSPS) is 10.5.